The molecule has 0 aromatic heterocycles. The number of rotatable bonds is 2. The van der Waals surface area contributed by atoms with Crippen LogP contribution in [0.2, 0.25) is 0 Å². The molecule has 0 aromatic rings. The number of hydrogen-bond donors (Lipinski definition) is 1. The van der Waals surface area contributed by atoms with Gasteiger partial charge < -0.3 is 9.84 Å². The van der Waals surface area contributed by atoms with E-state index in [9.17, 15) is 10.4 Å². The lowest BCUT2D eigenvalue weighted by Crippen LogP contribution is -2.40. The van der Waals surface area contributed by atoms with Gasteiger partial charge in [-0.3, -0.25) is 0 Å². The topological polar surface area (TPSA) is 53.2 Å². The van der Waals surface area contributed by atoms with Crippen LogP contribution >= 0.6 is 0 Å². The Kier molecular flexibility index (Phi) is 2.76. The third-order valence-corrected chi connectivity index (χ3v) is 3.60. The first-order valence-electron chi connectivity index (χ1n) is 5.49. The average Bonchev–Trinajstić information content (AvgIpc) is 2.89. The molecule has 0 radical (unpaired) electrons. The Morgan fingerprint density at radius 3 is 2.57 bits per heavy atom. The van der Waals surface area contributed by atoms with Crippen LogP contribution in [-0.2, 0) is 4.74 Å². The first kappa shape index (κ1) is 9.95. The van der Waals surface area contributed by atoms with Gasteiger partial charge in [0.2, 0.25) is 0 Å². The first-order valence-corrected chi connectivity index (χ1v) is 5.49. The first-order chi connectivity index (χ1) is 6.78. The molecule has 3 heteroatoms. The molecule has 1 saturated heterocycles. The molecular formula is C11H17NO2. The molecule has 1 aliphatic heterocycles. The Morgan fingerprint density at radius 2 is 2.07 bits per heavy atom. The zero-order valence-corrected chi connectivity index (χ0v) is 8.41. The molecule has 1 aliphatic carbocycles. The highest BCUT2D eigenvalue weighted by atomic mass is 16.5. The van der Waals surface area contributed by atoms with E-state index in [1.54, 1.807) is 0 Å². The molecule has 1 N–H and O–H groups in total. The Morgan fingerprint density at radius 1 is 1.36 bits per heavy atom. The molecule has 2 fully saturated rings. The van der Waals surface area contributed by atoms with E-state index >= 15 is 0 Å². The molecule has 14 heavy (non-hydrogen) atoms. The predicted octanol–water partition coefficient (Wildman–Crippen LogP) is 1.61. The normalized spacial score (nSPS) is 32.7. The van der Waals surface area contributed by atoms with Crippen LogP contribution in [-0.4, -0.2) is 23.9 Å². The minimum Gasteiger partial charge on any atom is -0.389 e. The highest BCUT2D eigenvalue weighted by Gasteiger charge is 2.45. The third-order valence-electron chi connectivity index (χ3n) is 3.60. The summed E-state index contributed by atoms with van der Waals surface area (Å²) in [4.78, 5) is 0. The fraction of sp³-hybridized carbons (Fsp3) is 0.909. The van der Waals surface area contributed by atoms with Crippen molar-refractivity contribution >= 4 is 0 Å². The van der Waals surface area contributed by atoms with E-state index in [4.69, 9.17) is 4.74 Å². The fourth-order valence-corrected chi connectivity index (χ4v) is 2.69. The maximum atomic E-state index is 10.2. The van der Waals surface area contributed by atoms with Crippen molar-refractivity contribution in [3.05, 3.63) is 0 Å². The molecule has 0 aromatic carbocycles. The van der Waals surface area contributed by atoms with E-state index in [-0.39, 0.29) is 6.10 Å². The number of nitrogens with zero attached hydrogens (tertiary/aromatic N) is 1. The van der Waals surface area contributed by atoms with E-state index in [0.29, 0.717) is 0 Å². The molecule has 1 saturated carbocycles. The Balaban J connectivity index is 2.07. The number of nitriles is 1. The highest BCUT2D eigenvalue weighted by Crippen LogP contribution is 2.43. The number of hydrogen-bond acceptors (Lipinski definition) is 3. The standard InChI is InChI=1S/C11H17NO2/c12-8-11(5-1-2-6-11)10(13)9-4-3-7-14-9/h9-10,13H,1-7H2. The van der Waals surface area contributed by atoms with E-state index in [1.807, 2.05) is 0 Å². The second-order valence-corrected chi connectivity index (χ2v) is 4.47. The molecule has 0 amide bonds. The summed E-state index contributed by atoms with van der Waals surface area (Å²) in [6.45, 7) is 0.739. The highest BCUT2D eigenvalue weighted by molar-refractivity contribution is 5.08. The summed E-state index contributed by atoms with van der Waals surface area (Å²) in [6.07, 6.45) is 5.07. The summed E-state index contributed by atoms with van der Waals surface area (Å²) < 4.78 is 5.45. The van der Waals surface area contributed by atoms with Crippen LogP contribution in [0.4, 0.5) is 0 Å². The number of aliphatic hydroxyl groups is 1. The molecule has 78 valence electrons. The van der Waals surface area contributed by atoms with Crippen LogP contribution in [0.1, 0.15) is 38.5 Å². The van der Waals surface area contributed by atoms with Crippen LogP contribution in [0, 0.1) is 16.7 Å². The minimum atomic E-state index is -0.572. The van der Waals surface area contributed by atoms with Crippen molar-refractivity contribution in [2.24, 2.45) is 5.41 Å². The average molecular weight is 195 g/mol. The van der Waals surface area contributed by atoms with Gasteiger partial charge in [-0.25, -0.2) is 0 Å². The quantitative estimate of drug-likeness (QED) is 0.728. The van der Waals surface area contributed by atoms with Crippen molar-refractivity contribution in [1.82, 2.24) is 0 Å². The van der Waals surface area contributed by atoms with Crippen molar-refractivity contribution in [3.63, 3.8) is 0 Å². The predicted molar refractivity (Wildman–Crippen MR) is 51.5 cm³/mol. The van der Waals surface area contributed by atoms with Gasteiger partial charge in [-0.1, -0.05) is 12.8 Å². The van der Waals surface area contributed by atoms with Crippen molar-refractivity contribution in [2.45, 2.75) is 50.7 Å². The van der Waals surface area contributed by atoms with Gasteiger partial charge in [-0.2, -0.15) is 5.26 Å². The van der Waals surface area contributed by atoms with Crippen LogP contribution in [0.15, 0.2) is 0 Å². The van der Waals surface area contributed by atoms with Crippen molar-refractivity contribution in [3.8, 4) is 6.07 Å². The van der Waals surface area contributed by atoms with Gasteiger partial charge in [0, 0.05) is 6.61 Å². The van der Waals surface area contributed by atoms with Gasteiger partial charge in [0.15, 0.2) is 0 Å². The van der Waals surface area contributed by atoms with Gasteiger partial charge in [-0.15, -0.1) is 0 Å². The summed E-state index contributed by atoms with van der Waals surface area (Å²) in [7, 11) is 0. The Labute approximate surface area is 84.7 Å². The van der Waals surface area contributed by atoms with Crippen molar-refractivity contribution in [1.29, 1.82) is 5.26 Å². The SMILES string of the molecule is N#CC1(C(O)C2CCCO2)CCCC1. The molecule has 0 bridgehead atoms. The van der Waals surface area contributed by atoms with Gasteiger partial charge >= 0.3 is 0 Å². The summed E-state index contributed by atoms with van der Waals surface area (Å²) in [5.41, 5.74) is -0.505. The third kappa shape index (κ3) is 1.53. The van der Waals surface area contributed by atoms with Gasteiger partial charge in [0.1, 0.15) is 0 Å². The fourth-order valence-electron chi connectivity index (χ4n) is 2.69. The van der Waals surface area contributed by atoms with Crippen LogP contribution in [0.5, 0.6) is 0 Å². The minimum absolute atomic E-state index is 0.0900. The zero-order valence-electron chi connectivity index (χ0n) is 8.41. The maximum Gasteiger partial charge on any atom is 0.0987 e. The lowest BCUT2D eigenvalue weighted by molar-refractivity contribution is -0.0526. The van der Waals surface area contributed by atoms with Crippen molar-refractivity contribution < 1.29 is 9.84 Å². The van der Waals surface area contributed by atoms with E-state index in [2.05, 4.69) is 6.07 Å². The lowest BCUT2D eigenvalue weighted by Gasteiger charge is -2.30. The summed E-state index contributed by atoms with van der Waals surface area (Å²) in [6, 6.07) is 2.32. The maximum absolute atomic E-state index is 10.2. The molecule has 0 spiro atoms. The molecule has 3 nitrogen and oxygen atoms in total. The number of aliphatic hydroxyl groups excluding tert-OH is 1. The smallest absolute Gasteiger partial charge is 0.0987 e. The molecule has 2 unspecified atom stereocenters. The number of ether oxygens (including phenoxy) is 1. The molecule has 2 atom stereocenters. The van der Waals surface area contributed by atoms with Crippen LogP contribution < -0.4 is 0 Å². The molecule has 2 rings (SSSR count). The Hall–Kier alpha value is -0.590. The van der Waals surface area contributed by atoms with E-state index in [0.717, 1.165) is 45.1 Å². The second-order valence-electron chi connectivity index (χ2n) is 4.47. The molecule has 1 heterocycles. The monoisotopic (exact) mass is 195 g/mol. The van der Waals surface area contributed by atoms with E-state index < -0.39 is 11.5 Å². The van der Waals surface area contributed by atoms with Gasteiger partial charge in [0.25, 0.3) is 0 Å². The van der Waals surface area contributed by atoms with Gasteiger partial charge in [-0.05, 0) is 25.7 Å². The lowest BCUT2D eigenvalue weighted by atomic mass is 9.79. The van der Waals surface area contributed by atoms with E-state index in [1.165, 1.54) is 0 Å². The summed E-state index contributed by atoms with van der Waals surface area (Å²) >= 11 is 0. The largest absolute Gasteiger partial charge is 0.389 e. The second kappa shape index (κ2) is 3.88. The molecule has 2 aliphatic rings. The van der Waals surface area contributed by atoms with Crippen LogP contribution in [0.3, 0.4) is 0 Å². The summed E-state index contributed by atoms with van der Waals surface area (Å²) in [5.74, 6) is 0. The van der Waals surface area contributed by atoms with Crippen LogP contribution in [0.25, 0.3) is 0 Å². The molecular weight excluding hydrogens is 178 g/mol. The summed E-state index contributed by atoms with van der Waals surface area (Å²) in [5, 5.41) is 19.3. The Bertz CT molecular complexity index is 234. The van der Waals surface area contributed by atoms with Crippen molar-refractivity contribution in [2.75, 3.05) is 6.61 Å². The van der Waals surface area contributed by atoms with Gasteiger partial charge in [0.05, 0.1) is 23.7 Å². The zero-order chi connectivity index (χ0) is 10.0.